The molecule has 6 heteroatoms. The Morgan fingerprint density at radius 1 is 1.39 bits per heavy atom. The number of nitrogens with one attached hydrogen (secondary N) is 1. The second-order valence-corrected chi connectivity index (χ2v) is 6.23. The SMILES string of the molecule is COC(c1ccc(Cl)cc1)C(C)NC(=O)CCN1CCCC1=O. The molecule has 1 aliphatic heterocycles. The fourth-order valence-electron chi connectivity index (χ4n) is 2.86. The lowest BCUT2D eigenvalue weighted by Gasteiger charge is -2.24. The van der Waals surface area contributed by atoms with Crippen molar-refractivity contribution in [3.8, 4) is 0 Å². The molecule has 23 heavy (non-hydrogen) atoms. The normalized spacial score (nSPS) is 17.2. The van der Waals surface area contributed by atoms with Gasteiger partial charge in [0.2, 0.25) is 11.8 Å². The van der Waals surface area contributed by atoms with E-state index in [1.807, 2.05) is 19.1 Å². The fraction of sp³-hybridized carbons (Fsp3) is 0.529. The van der Waals surface area contributed by atoms with Crippen LogP contribution >= 0.6 is 11.6 Å². The Morgan fingerprint density at radius 2 is 2.09 bits per heavy atom. The van der Waals surface area contributed by atoms with Gasteiger partial charge < -0.3 is 15.0 Å². The van der Waals surface area contributed by atoms with Crippen molar-refractivity contribution in [3.63, 3.8) is 0 Å². The van der Waals surface area contributed by atoms with E-state index in [1.54, 1.807) is 24.1 Å². The number of amides is 2. The molecule has 1 N–H and O–H groups in total. The van der Waals surface area contributed by atoms with Crippen LogP contribution in [0.5, 0.6) is 0 Å². The van der Waals surface area contributed by atoms with Gasteiger partial charge in [-0.3, -0.25) is 9.59 Å². The average Bonchev–Trinajstić information content (AvgIpc) is 2.93. The Labute approximate surface area is 141 Å². The highest BCUT2D eigenvalue weighted by Gasteiger charge is 2.23. The van der Waals surface area contributed by atoms with Gasteiger partial charge in [0.05, 0.1) is 6.04 Å². The zero-order valence-corrected chi connectivity index (χ0v) is 14.3. The number of halogens is 1. The summed E-state index contributed by atoms with van der Waals surface area (Å²) < 4.78 is 5.51. The number of carbonyl (C=O) groups excluding carboxylic acids is 2. The van der Waals surface area contributed by atoms with Gasteiger partial charge in [0.15, 0.2) is 0 Å². The van der Waals surface area contributed by atoms with Gasteiger partial charge in [-0.15, -0.1) is 0 Å². The summed E-state index contributed by atoms with van der Waals surface area (Å²) in [7, 11) is 1.62. The Hall–Kier alpha value is -1.59. The Morgan fingerprint density at radius 3 is 2.65 bits per heavy atom. The molecule has 1 saturated heterocycles. The second-order valence-electron chi connectivity index (χ2n) is 5.80. The molecule has 5 nitrogen and oxygen atoms in total. The smallest absolute Gasteiger partial charge is 0.222 e. The predicted octanol–water partition coefficient (Wildman–Crippen LogP) is 2.54. The third-order valence-electron chi connectivity index (χ3n) is 4.08. The standard InChI is InChI=1S/C17H23ClN2O3/c1-12(17(23-2)13-5-7-14(18)8-6-13)19-15(21)9-11-20-10-3-4-16(20)22/h5-8,12,17H,3-4,9-11H2,1-2H3,(H,19,21). The van der Waals surface area contributed by atoms with Gasteiger partial charge in [-0.25, -0.2) is 0 Å². The van der Waals surface area contributed by atoms with Crippen molar-refractivity contribution in [2.75, 3.05) is 20.2 Å². The van der Waals surface area contributed by atoms with Crippen molar-refractivity contribution in [1.29, 1.82) is 0 Å². The minimum Gasteiger partial charge on any atom is -0.375 e. The van der Waals surface area contributed by atoms with Crippen LogP contribution in [-0.2, 0) is 14.3 Å². The first kappa shape index (κ1) is 17.8. The van der Waals surface area contributed by atoms with E-state index < -0.39 is 0 Å². The summed E-state index contributed by atoms with van der Waals surface area (Å²) in [6.45, 7) is 3.14. The van der Waals surface area contributed by atoms with E-state index in [0.29, 0.717) is 24.4 Å². The number of methoxy groups -OCH3 is 1. The molecule has 1 aromatic rings. The summed E-state index contributed by atoms with van der Waals surface area (Å²) in [4.78, 5) is 25.4. The molecule has 0 spiro atoms. The maximum Gasteiger partial charge on any atom is 0.222 e. The van der Waals surface area contributed by atoms with Crippen LogP contribution in [-0.4, -0.2) is 43.0 Å². The fourth-order valence-corrected chi connectivity index (χ4v) is 2.99. The summed E-state index contributed by atoms with van der Waals surface area (Å²) in [5.41, 5.74) is 0.958. The van der Waals surface area contributed by atoms with E-state index in [9.17, 15) is 9.59 Å². The summed E-state index contributed by atoms with van der Waals surface area (Å²) in [6.07, 6.45) is 1.55. The van der Waals surface area contributed by atoms with Crippen molar-refractivity contribution < 1.29 is 14.3 Å². The average molecular weight is 339 g/mol. The number of hydrogen-bond acceptors (Lipinski definition) is 3. The van der Waals surface area contributed by atoms with Gasteiger partial charge in [-0.1, -0.05) is 23.7 Å². The molecular weight excluding hydrogens is 316 g/mol. The van der Waals surface area contributed by atoms with Crippen molar-refractivity contribution in [1.82, 2.24) is 10.2 Å². The van der Waals surface area contributed by atoms with E-state index in [1.165, 1.54) is 0 Å². The molecule has 1 aliphatic rings. The molecule has 2 rings (SSSR count). The van der Waals surface area contributed by atoms with Gasteiger partial charge >= 0.3 is 0 Å². The van der Waals surface area contributed by atoms with Crippen LogP contribution in [0.2, 0.25) is 5.02 Å². The molecule has 2 amide bonds. The maximum atomic E-state index is 12.1. The molecule has 0 aromatic heterocycles. The topological polar surface area (TPSA) is 58.6 Å². The zero-order valence-electron chi connectivity index (χ0n) is 13.5. The first-order valence-electron chi connectivity index (χ1n) is 7.86. The monoisotopic (exact) mass is 338 g/mol. The molecule has 126 valence electrons. The van der Waals surface area contributed by atoms with Crippen molar-refractivity contribution in [2.45, 2.75) is 38.3 Å². The van der Waals surface area contributed by atoms with E-state index in [2.05, 4.69) is 5.32 Å². The van der Waals surface area contributed by atoms with Gasteiger partial charge in [-0.2, -0.15) is 0 Å². The molecule has 2 unspecified atom stereocenters. The van der Waals surface area contributed by atoms with Gasteiger partial charge in [0.25, 0.3) is 0 Å². The number of carbonyl (C=O) groups is 2. The second kappa shape index (κ2) is 8.31. The molecule has 0 saturated carbocycles. The highest BCUT2D eigenvalue weighted by molar-refractivity contribution is 6.30. The van der Waals surface area contributed by atoms with Gasteiger partial charge in [0, 0.05) is 38.1 Å². The Balaban J connectivity index is 1.85. The minimum absolute atomic E-state index is 0.0757. The highest BCUT2D eigenvalue weighted by Crippen LogP contribution is 2.22. The molecule has 1 heterocycles. The summed E-state index contributed by atoms with van der Waals surface area (Å²) in [5.74, 6) is 0.0648. The van der Waals surface area contributed by atoms with Gasteiger partial charge in [0.1, 0.15) is 6.10 Å². The van der Waals surface area contributed by atoms with E-state index in [-0.39, 0.29) is 24.0 Å². The lowest BCUT2D eigenvalue weighted by molar-refractivity contribution is -0.128. The lowest BCUT2D eigenvalue weighted by Crippen LogP contribution is -2.39. The van der Waals surface area contributed by atoms with Crippen LogP contribution < -0.4 is 5.32 Å². The van der Waals surface area contributed by atoms with E-state index in [0.717, 1.165) is 18.5 Å². The van der Waals surface area contributed by atoms with Crippen molar-refractivity contribution >= 4 is 23.4 Å². The third kappa shape index (κ3) is 4.94. The number of rotatable bonds is 7. The first-order valence-corrected chi connectivity index (χ1v) is 8.24. The summed E-state index contributed by atoms with van der Waals surface area (Å²) in [5, 5.41) is 3.61. The Bertz CT molecular complexity index is 547. The molecule has 0 bridgehead atoms. The molecule has 2 atom stereocenters. The molecule has 0 radical (unpaired) electrons. The number of ether oxygens (including phenoxy) is 1. The predicted molar refractivity (Wildman–Crippen MR) is 89.2 cm³/mol. The van der Waals surface area contributed by atoms with Crippen LogP contribution in [0.3, 0.4) is 0 Å². The van der Waals surface area contributed by atoms with Crippen LogP contribution in [0.4, 0.5) is 0 Å². The van der Waals surface area contributed by atoms with Gasteiger partial charge in [-0.05, 0) is 31.0 Å². The van der Waals surface area contributed by atoms with Crippen LogP contribution in [0.15, 0.2) is 24.3 Å². The number of hydrogen-bond donors (Lipinski definition) is 1. The molecule has 1 aromatic carbocycles. The number of benzene rings is 1. The quantitative estimate of drug-likeness (QED) is 0.831. The van der Waals surface area contributed by atoms with Crippen molar-refractivity contribution in [2.24, 2.45) is 0 Å². The maximum absolute atomic E-state index is 12.1. The van der Waals surface area contributed by atoms with Crippen molar-refractivity contribution in [3.05, 3.63) is 34.9 Å². The molecule has 0 aliphatic carbocycles. The molecular formula is C17H23ClN2O3. The first-order chi connectivity index (χ1) is 11.0. The molecule has 1 fully saturated rings. The zero-order chi connectivity index (χ0) is 16.8. The van der Waals surface area contributed by atoms with Crippen LogP contribution in [0, 0.1) is 0 Å². The minimum atomic E-state index is -0.246. The summed E-state index contributed by atoms with van der Waals surface area (Å²) in [6, 6.07) is 7.21. The van der Waals surface area contributed by atoms with Crippen LogP contribution in [0.1, 0.15) is 37.9 Å². The summed E-state index contributed by atoms with van der Waals surface area (Å²) >= 11 is 5.90. The van der Waals surface area contributed by atoms with E-state index >= 15 is 0 Å². The third-order valence-corrected chi connectivity index (χ3v) is 4.33. The Kier molecular flexibility index (Phi) is 6.42. The van der Waals surface area contributed by atoms with Crippen LogP contribution in [0.25, 0.3) is 0 Å². The lowest BCUT2D eigenvalue weighted by atomic mass is 10.0. The largest absolute Gasteiger partial charge is 0.375 e. The van der Waals surface area contributed by atoms with E-state index in [4.69, 9.17) is 16.3 Å². The highest BCUT2D eigenvalue weighted by atomic mass is 35.5. The number of nitrogens with zero attached hydrogens (tertiary/aromatic N) is 1. The number of likely N-dealkylation sites (tertiary alicyclic amines) is 1.